The molecule has 1 rings (SSSR count). The van der Waals surface area contributed by atoms with Crippen molar-refractivity contribution in [1.82, 2.24) is 10.6 Å². The lowest BCUT2D eigenvalue weighted by molar-refractivity contribution is -0.138. The second kappa shape index (κ2) is 12.2. The second-order valence-corrected chi connectivity index (χ2v) is 7.11. The van der Waals surface area contributed by atoms with Gasteiger partial charge in [-0.1, -0.05) is 64.7 Å². The average Bonchev–Trinajstić information content (AvgIpc) is 2.54. The number of hydrogen-bond acceptors (Lipinski definition) is 5. The molecule has 0 aromatic carbocycles. The predicted octanol–water partition coefficient (Wildman–Crippen LogP) is 1.55. The zero-order valence-electron chi connectivity index (χ0n) is 14.9. The van der Waals surface area contributed by atoms with Crippen molar-refractivity contribution in [2.75, 3.05) is 26.2 Å². The molecule has 0 bridgehead atoms. The van der Waals surface area contributed by atoms with Gasteiger partial charge in [-0.2, -0.15) is 0 Å². The molecule has 1 aliphatic heterocycles. The maximum atomic E-state index is 10.3. The predicted molar refractivity (Wildman–Crippen MR) is 94.5 cm³/mol. The van der Waals surface area contributed by atoms with E-state index < -0.39 is 17.8 Å². The van der Waals surface area contributed by atoms with E-state index in [9.17, 15) is 15.3 Å². The first-order chi connectivity index (χ1) is 11.1. The van der Waals surface area contributed by atoms with Gasteiger partial charge in [0, 0.05) is 19.6 Å². The minimum absolute atomic E-state index is 0.315. The van der Waals surface area contributed by atoms with Crippen LogP contribution < -0.4 is 10.6 Å². The molecule has 1 aliphatic rings. The zero-order valence-corrected chi connectivity index (χ0v) is 14.9. The van der Waals surface area contributed by atoms with Gasteiger partial charge in [0.1, 0.15) is 11.7 Å². The fourth-order valence-corrected chi connectivity index (χ4v) is 3.22. The first-order valence-electron chi connectivity index (χ1n) is 9.60. The molecule has 0 saturated carbocycles. The Bertz CT molecular complexity index is 291. The molecule has 0 unspecified atom stereocenters. The summed E-state index contributed by atoms with van der Waals surface area (Å²) in [5.41, 5.74) is -1.27. The number of β-amino-alcohol motifs (C(OH)–C–C–N with tert-alkyl or cyclic N) is 2. The molecular weight excluding hydrogens is 292 g/mol. The molecule has 138 valence electrons. The number of piperidine rings is 1. The normalized spacial score (nSPS) is 28.2. The number of rotatable bonds is 13. The molecule has 0 aromatic heterocycles. The molecule has 0 aromatic rings. The molecule has 5 nitrogen and oxygen atoms in total. The van der Waals surface area contributed by atoms with Gasteiger partial charge < -0.3 is 26.0 Å². The lowest BCUT2D eigenvalue weighted by atomic mass is 9.89. The fraction of sp³-hybridized carbons (Fsp3) is 1.00. The Morgan fingerprint density at radius 2 is 1.52 bits per heavy atom. The summed E-state index contributed by atoms with van der Waals surface area (Å²) in [6, 6.07) is 0. The summed E-state index contributed by atoms with van der Waals surface area (Å²) in [6.07, 6.45) is 11.1. The molecule has 1 heterocycles. The molecule has 0 spiro atoms. The molecule has 3 atom stereocenters. The first kappa shape index (κ1) is 20.8. The van der Waals surface area contributed by atoms with E-state index in [1.165, 1.54) is 57.8 Å². The van der Waals surface area contributed by atoms with Crippen molar-refractivity contribution in [1.29, 1.82) is 0 Å². The van der Waals surface area contributed by atoms with E-state index in [1.54, 1.807) is 0 Å². The van der Waals surface area contributed by atoms with Gasteiger partial charge in [-0.05, 0) is 13.0 Å². The highest BCUT2D eigenvalue weighted by Crippen LogP contribution is 2.16. The number of aliphatic hydroxyl groups excluding tert-OH is 2. The van der Waals surface area contributed by atoms with E-state index in [-0.39, 0.29) is 0 Å². The second-order valence-electron chi connectivity index (χ2n) is 7.11. The quantitative estimate of drug-likeness (QED) is 0.331. The third kappa shape index (κ3) is 8.45. The largest absolute Gasteiger partial charge is 0.389 e. The van der Waals surface area contributed by atoms with Crippen LogP contribution >= 0.6 is 0 Å². The summed E-state index contributed by atoms with van der Waals surface area (Å²) in [4.78, 5) is 0. The van der Waals surface area contributed by atoms with E-state index in [2.05, 4.69) is 17.6 Å². The zero-order chi connectivity index (χ0) is 17.0. The topological polar surface area (TPSA) is 84.8 Å². The Labute approximate surface area is 141 Å². The minimum atomic E-state index is -1.27. The van der Waals surface area contributed by atoms with Crippen LogP contribution in [0.3, 0.4) is 0 Å². The number of nitrogens with one attached hydrogen (secondary N) is 2. The molecule has 23 heavy (non-hydrogen) atoms. The monoisotopic (exact) mass is 330 g/mol. The molecular formula is C18H38N2O3. The maximum absolute atomic E-state index is 10.3. The Kier molecular flexibility index (Phi) is 11.1. The van der Waals surface area contributed by atoms with Crippen molar-refractivity contribution in [2.24, 2.45) is 0 Å². The van der Waals surface area contributed by atoms with Gasteiger partial charge in [0.15, 0.2) is 0 Å². The van der Waals surface area contributed by atoms with Crippen LogP contribution in [0.25, 0.3) is 0 Å². The van der Waals surface area contributed by atoms with Gasteiger partial charge in [-0.3, -0.25) is 0 Å². The first-order valence-corrected chi connectivity index (χ1v) is 9.60. The lowest BCUT2D eigenvalue weighted by Crippen LogP contribution is -2.66. The SMILES string of the molecule is CCCCCCCCCCCCNC[C@@]1(O)CNC[C@H](O)[C@H]1O. The lowest BCUT2D eigenvalue weighted by Gasteiger charge is -2.40. The molecule has 1 saturated heterocycles. The summed E-state index contributed by atoms with van der Waals surface area (Å²) in [5, 5.41) is 36.0. The third-order valence-electron chi connectivity index (χ3n) is 4.84. The van der Waals surface area contributed by atoms with E-state index >= 15 is 0 Å². The van der Waals surface area contributed by atoms with Crippen LogP contribution in [0.2, 0.25) is 0 Å². The highest BCUT2D eigenvalue weighted by Gasteiger charge is 2.42. The highest BCUT2D eigenvalue weighted by atomic mass is 16.4. The van der Waals surface area contributed by atoms with E-state index in [0.29, 0.717) is 19.6 Å². The average molecular weight is 331 g/mol. The Hall–Kier alpha value is -0.200. The molecule has 1 fully saturated rings. The summed E-state index contributed by atoms with van der Waals surface area (Å²) in [6.45, 7) is 4.07. The van der Waals surface area contributed by atoms with Crippen molar-refractivity contribution < 1.29 is 15.3 Å². The van der Waals surface area contributed by atoms with Gasteiger partial charge in [-0.25, -0.2) is 0 Å². The van der Waals surface area contributed by atoms with Crippen LogP contribution in [0.1, 0.15) is 71.1 Å². The Morgan fingerprint density at radius 1 is 0.957 bits per heavy atom. The van der Waals surface area contributed by atoms with E-state index in [4.69, 9.17) is 0 Å². The third-order valence-corrected chi connectivity index (χ3v) is 4.84. The van der Waals surface area contributed by atoms with Gasteiger partial charge >= 0.3 is 0 Å². The molecule has 0 aliphatic carbocycles. The highest BCUT2D eigenvalue weighted by molar-refractivity contribution is 4.98. The molecule has 5 N–H and O–H groups in total. The van der Waals surface area contributed by atoms with Crippen LogP contribution in [0.15, 0.2) is 0 Å². The standard InChI is InChI=1S/C18H38N2O3/c1-2-3-4-5-6-7-8-9-10-11-12-19-14-18(23)15-20-13-16(21)17(18)22/h16-17,19-23H,2-15H2,1H3/t16-,17+,18+/m0/s1. The summed E-state index contributed by atoms with van der Waals surface area (Å²) in [5.74, 6) is 0. The van der Waals surface area contributed by atoms with Crippen molar-refractivity contribution in [2.45, 2.75) is 88.9 Å². The van der Waals surface area contributed by atoms with Gasteiger partial charge in [-0.15, -0.1) is 0 Å². The number of aliphatic hydroxyl groups is 3. The number of hydrogen-bond donors (Lipinski definition) is 5. The van der Waals surface area contributed by atoms with E-state index in [0.717, 1.165) is 13.0 Å². The molecule has 5 heteroatoms. The van der Waals surface area contributed by atoms with Crippen molar-refractivity contribution in [3.63, 3.8) is 0 Å². The fourth-order valence-electron chi connectivity index (χ4n) is 3.22. The summed E-state index contributed by atoms with van der Waals surface area (Å²) >= 11 is 0. The van der Waals surface area contributed by atoms with Crippen molar-refractivity contribution in [3.05, 3.63) is 0 Å². The van der Waals surface area contributed by atoms with Gasteiger partial charge in [0.2, 0.25) is 0 Å². The Morgan fingerprint density at radius 3 is 2.13 bits per heavy atom. The maximum Gasteiger partial charge on any atom is 0.118 e. The van der Waals surface area contributed by atoms with Gasteiger partial charge in [0.25, 0.3) is 0 Å². The summed E-state index contributed by atoms with van der Waals surface area (Å²) < 4.78 is 0. The number of unbranched alkanes of at least 4 members (excludes halogenated alkanes) is 9. The van der Waals surface area contributed by atoms with Crippen LogP contribution in [-0.2, 0) is 0 Å². The van der Waals surface area contributed by atoms with Crippen molar-refractivity contribution >= 4 is 0 Å². The van der Waals surface area contributed by atoms with Gasteiger partial charge in [0.05, 0.1) is 6.10 Å². The minimum Gasteiger partial charge on any atom is -0.389 e. The summed E-state index contributed by atoms with van der Waals surface area (Å²) in [7, 11) is 0. The van der Waals surface area contributed by atoms with Crippen LogP contribution in [0.5, 0.6) is 0 Å². The smallest absolute Gasteiger partial charge is 0.118 e. The van der Waals surface area contributed by atoms with Crippen LogP contribution in [-0.4, -0.2) is 59.3 Å². The Balaban J connectivity index is 1.91. The molecule has 0 radical (unpaired) electrons. The van der Waals surface area contributed by atoms with Crippen LogP contribution in [0.4, 0.5) is 0 Å². The van der Waals surface area contributed by atoms with E-state index in [1.807, 2.05) is 0 Å². The van der Waals surface area contributed by atoms with Crippen LogP contribution in [0, 0.1) is 0 Å². The molecule has 0 amide bonds. The van der Waals surface area contributed by atoms with Crippen molar-refractivity contribution in [3.8, 4) is 0 Å².